The normalized spacial score (nSPS) is 10.6. The zero-order valence-corrected chi connectivity index (χ0v) is 10.4. The molecule has 0 heterocycles. The molecular weight excluding hydrogens is 229 g/mol. The Hall–Kier alpha value is -0.240. The van der Waals surface area contributed by atoms with Crippen LogP contribution in [0.25, 0.3) is 0 Å². The van der Waals surface area contributed by atoms with Crippen LogP contribution in [-0.4, -0.2) is 13.6 Å². The topological polar surface area (TPSA) is 12.0 Å². The van der Waals surface area contributed by atoms with Crippen LogP contribution in [0.2, 0.25) is 10.0 Å². The zero-order chi connectivity index (χ0) is 11.1. The van der Waals surface area contributed by atoms with Crippen molar-refractivity contribution in [3.63, 3.8) is 0 Å². The van der Waals surface area contributed by atoms with Gasteiger partial charge >= 0.3 is 0 Å². The van der Waals surface area contributed by atoms with E-state index in [9.17, 15) is 0 Å². The van der Waals surface area contributed by atoms with Gasteiger partial charge in [-0.15, -0.1) is 0 Å². The highest BCUT2D eigenvalue weighted by Crippen LogP contribution is 2.22. The van der Waals surface area contributed by atoms with Crippen molar-refractivity contribution in [2.75, 3.05) is 13.6 Å². The number of hydrogen-bond acceptors (Lipinski definition) is 1. The summed E-state index contributed by atoms with van der Waals surface area (Å²) in [5.41, 5.74) is 1.17. The first-order valence-corrected chi connectivity index (χ1v) is 5.90. The lowest BCUT2D eigenvalue weighted by atomic mass is 10.1. The number of benzene rings is 1. The lowest BCUT2D eigenvalue weighted by Crippen LogP contribution is -2.07. The Balaban J connectivity index is 2.31. The summed E-state index contributed by atoms with van der Waals surface area (Å²) in [5, 5.41) is 4.58. The Bertz CT molecular complexity index is 300. The van der Waals surface area contributed by atoms with E-state index in [1.165, 1.54) is 5.56 Å². The highest BCUT2D eigenvalue weighted by atomic mass is 35.5. The summed E-state index contributed by atoms with van der Waals surface area (Å²) in [7, 11) is 1.96. The van der Waals surface area contributed by atoms with E-state index in [4.69, 9.17) is 23.2 Å². The van der Waals surface area contributed by atoms with Crippen LogP contribution in [0.15, 0.2) is 18.2 Å². The van der Waals surface area contributed by atoms with Gasteiger partial charge in [-0.1, -0.05) is 29.3 Å². The van der Waals surface area contributed by atoms with Crippen LogP contribution < -0.4 is 5.32 Å². The van der Waals surface area contributed by atoms with Gasteiger partial charge < -0.3 is 5.32 Å². The fraction of sp³-hybridized carbons (Fsp3) is 0.417. The first-order valence-electron chi connectivity index (χ1n) is 5.14. The number of nitrogens with one attached hydrogen (secondary N) is 1. The van der Waals surface area contributed by atoms with E-state index in [1.807, 2.05) is 19.2 Å². The van der Waals surface area contributed by atoms with Gasteiger partial charge in [0.05, 0.1) is 0 Å². The Morgan fingerprint density at radius 1 is 1.27 bits per heavy atom. The first-order chi connectivity index (χ1) is 7.24. The maximum absolute atomic E-state index is 6.06. The van der Waals surface area contributed by atoms with Gasteiger partial charge in [0.25, 0.3) is 0 Å². The number of rotatable bonds is 6. The van der Waals surface area contributed by atoms with Gasteiger partial charge in [0.1, 0.15) is 0 Å². The third-order valence-electron chi connectivity index (χ3n) is 2.23. The molecule has 0 fully saturated rings. The monoisotopic (exact) mass is 244 g/mol. The molecule has 0 saturated carbocycles. The number of halogens is 2. The summed E-state index contributed by atoms with van der Waals surface area (Å²) >= 11 is 11.9. The van der Waals surface area contributed by atoms with Crippen molar-refractivity contribution in [1.82, 2.24) is 5.32 Å². The van der Waals surface area contributed by atoms with E-state index in [-0.39, 0.29) is 0 Å². The van der Waals surface area contributed by atoms with Gasteiger partial charge in [0, 0.05) is 10.0 Å². The largest absolute Gasteiger partial charge is 0.320 e. The fourth-order valence-electron chi connectivity index (χ4n) is 1.37. The van der Waals surface area contributed by atoms with E-state index in [0.29, 0.717) is 5.02 Å². The molecule has 0 unspecified atom stereocenters. The van der Waals surface area contributed by atoms with Crippen LogP contribution in [0.1, 0.15) is 18.4 Å². The molecule has 0 saturated heterocycles. The van der Waals surface area contributed by atoms with Gasteiger partial charge in [-0.05, 0) is 57.0 Å². The average molecular weight is 245 g/mol. The molecule has 0 aliphatic rings. The highest BCUT2D eigenvalue weighted by Gasteiger charge is 2.00. The second-order valence-corrected chi connectivity index (χ2v) is 4.30. The van der Waals surface area contributed by atoms with Crippen LogP contribution in [0, 0.1) is 6.42 Å². The van der Waals surface area contributed by atoms with Gasteiger partial charge in [-0.3, -0.25) is 0 Å². The van der Waals surface area contributed by atoms with Crippen molar-refractivity contribution < 1.29 is 0 Å². The van der Waals surface area contributed by atoms with Crippen molar-refractivity contribution in [2.45, 2.75) is 19.3 Å². The van der Waals surface area contributed by atoms with Crippen LogP contribution in [0.3, 0.4) is 0 Å². The molecule has 0 bridgehead atoms. The second-order valence-electron chi connectivity index (χ2n) is 3.46. The standard InChI is InChI=1S/C12H16Cl2N/c1-15-8-4-2-3-5-10-6-7-11(13)9-12(10)14/h2,6-7,9,15H,3-5,8H2,1H3. The number of hydrogen-bond donors (Lipinski definition) is 1. The minimum Gasteiger partial charge on any atom is -0.320 e. The minimum atomic E-state index is 0.697. The minimum absolute atomic E-state index is 0.697. The first kappa shape index (κ1) is 12.8. The molecule has 0 aromatic heterocycles. The third-order valence-corrected chi connectivity index (χ3v) is 2.82. The molecule has 15 heavy (non-hydrogen) atoms. The number of aryl methyl sites for hydroxylation is 1. The van der Waals surface area contributed by atoms with E-state index in [1.54, 1.807) is 6.07 Å². The van der Waals surface area contributed by atoms with E-state index in [2.05, 4.69) is 11.7 Å². The molecule has 0 amide bonds. The fourth-order valence-corrected chi connectivity index (χ4v) is 1.88. The summed E-state index contributed by atoms with van der Waals surface area (Å²) in [4.78, 5) is 0. The smallest absolute Gasteiger partial charge is 0.0452 e. The molecule has 0 atom stereocenters. The van der Waals surface area contributed by atoms with Gasteiger partial charge in [0.15, 0.2) is 0 Å². The van der Waals surface area contributed by atoms with Crippen molar-refractivity contribution >= 4 is 23.2 Å². The molecule has 0 aliphatic heterocycles. The maximum atomic E-state index is 6.06. The third kappa shape index (κ3) is 4.87. The Kier molecular flexibility index (Phi) is 6.07. The highest BCUT2D eigenvalue weighted by molar-refractivity contribution is 6.35. The Morgan fingerprint density at radius 3 is 2.73 bits per heavy atom. The predicted octanol–water partition coefficient (Wildman–Crippen LogP) is 3.74. The van der Waals surface area contributed by atoms with Crippen LogP contribution >= 0.6 is 23.2 Å². The Morgan fingerprint density at radius 2 is 2.07 bits per heavy atom. The number of unbranched alkanes of at least 4 members (excludes halogenated alkanes) is 2. The molecular formula is C12H16Cl2N. The average Bonchev–Trinajstić information content (AvgIpc) is 2.20. The van der Waals surface area contributed by atoms with Gasteiger partial charge in [0.2, 0.25) is 0 Å². The molecule has 0 spiro atoms. The van der Waals surface area contributed by atoms with Gasteiger partial charge in [-0.25, -0.2) is 0 Å². The van der Waals surface area contributed by atoms with E-state index >= 15 is 0 Å². The molecule has 0 aliphatic carbocycles. The van der Waals surface area contributed by atoms with Crippen molar-refractivity contribution in [1.29, 1.82) is 0 Å². The zero-order valence-electron chi connectivity index (χ0n) is 8.89. The molecule has 1 rings (SSSR count). The van der Waals surface area contributed by atoms with Crippen LogP contribution in [0.5, 0.6) is 0 Å². The summed E-state index contributed by atoms with van der Waals surface area (Å²) in [6, 6.07) is 5.68. The molecule has 1 radical (unpaired) electrons. The Labute approximate surface area is 102 Å². The molecule has 1 aromatic carbocycles. The van der Waals surface area contributed by atoms with E-state index < -0.39 is 0 Å². The van der Waals surface area contributed by atoms with Gasteiger partial charge in [-0.2, -0.15) is 0 Å². The molecule has 83 valence electrons. The SMILES string of the molecule is CNCC[CH]CCc1ccc(Cl)cc1Cl. The maximum Gasteiger partial charge on any atom is 0.0452 e. The molecule has 1 nitrogen and oxygen atoms in total. The summed E-state index contributed by atoms with van der Waals surface area (Å²) < 4.78 is 0. The molecule has 3 heteroatoms. The summed E-state index contributed by atoms with van der Waals surface area (Å²) in [6.07, 6.45) is 5.42. The van der Waals surface area contributed by atoms with Crippen molar-refractivity contribution in [3.05, 3.63) is 40.2 Å². The quantitative estimate of drug-likeness (QED) is 0.753. The summed E-state index contributed by atoms with van der Waals surface area (Å²) in [5.74, 6) is 0. The van der Waals surface area contributed by atoms with Crippen LogP contribution in [-0.2, 0) is 6.42 Å². The van der Waals surface area contributed by atoms with Crippen molar-refractivity contribution in [3.8, 4) is 0 Å². The molecule has 1 aromatic rings. The molecule has 1 N–H and O–H groups in total. The van der Waals surface area contributed by atoms with Crippen molar-refractivity contribution in [2.24, 2.45) is 0 Å². The van der Waals surface area contributed by atoms with E-state index in [0.717, 1.165) is 30.8 Å². The predicted molar refractivity (Wildman–Crippen MR) is 67.6 cm³/mol. The summed E-state index contributed by atoms with van der Waals surface area (Å²) in [6.45, 7) is 1.04. The van der Waals surface area contributed by atoms with Crippen LogP contribution in [0.4, 0.5) is 0 Å². The second kappa shape index (κ2) is 7.10. The lowest BCUT2D eigenvalue weighted by Gasteiger charge is -2.04. The lowest BCUT2D eigenvalue weighted by molar-refractivity contribution is 0.748.